The molecular formula is C19H14F2N4O2. The van der Waals surface area contributed by atoms with Gasteiger partial charge in [0.15, 0.2) is 0 Å². The molecule has 3 aromatic rings. The Morgan fingerprint density at radius 3 is 2.30 bits per heavy atom. The van der Waals surface area contributed by atoms with Crippen molar-refractivity contribution in [2.75, 3.05) is 5.32 Å². The van der Waals surface area contributed by atoms with Gasteiger partial charge in [-0.05, 0) is 35.9 Å². The Morgan fingerprint density at radius 2 is 1.59 bits per heavy atom. The zero-order chi connectivity index (χ0) is 19.2. The maximum atomic E-state index is 13.7. The molecule has 2 N–H and O–H groups in total. The van der Waals surface area contributed by atoms with Crippen LogP contribution >= 0.6 is 0 Å². The number of nitrogens with zero attached hydrogens (tertiary/aromatic N) is 2. The number of carbonyl (C=O) groups is 2. The summed E-state index contributed by atoms with van der Waals surface area (Å²) in [6.07, 6.45) is 5.79. The van der Waals surface area contributed by atoms with Crippen molar-refractivity contribution in [2.24, 2.45) is 0 Å². The minimum absolute atomic E-state index is 0.0651. The molecule has 0 bridgehead atoms. The second-order valence-electron chi connectivity index (χ2n) is 5.58. The summed E-state index contributed by atoms with van der Waals surface area (Å²) in [4.78, 5) is 32.3. The zero-order valence-electron chi connectivity index (χ0n) is 13.9. The van der Waals surface area contributed by atoms with Crippen molar-refractivity contribution in [2.45, 2.75) is 6.54 Å². The Balaban J connectivity index is 1.68. The average molecular weight is 368 g/mol. The molecule has 3 rings (SSSR count). The molecule has 8 heteroatoms. The van der Waals surface area contributed by atoms with E-state index < -0.39 is 23.4 Å². The summed E-state index contributed by atoms with van der Waals surface area (Å²) < 4.78 is 26.6. The van der Waals surface area contributed by atoms with Gasteiger partial charge in [-0.25, -0.2) is 8.78 Å². The summed E-state index contributed by atoms with van der Waals surface area (Å²) in [5.41, 5.74) is 0.938. The minimum Gasteiger partial charge on any atom is -0.348 e. The fourth-order valence-electron chi connectivity index (χ4n) is 2.26. The van der Waals surface area contributed by atoms with E-state index in [-0.39, 0.29) is 16.8 Å². The Morgan fingerprint density at radius 1 is 0.889 bits per heavy atom. The lowest BCUT2D eigenvalue weighted by Crippen LogP contribution is -2.23. The fraction of sp³-hybridized carbons (Fsp3) is 0.0526. The summed E-state index contributed by atoms with van der Waals surface area (Å²) in [7, 11) is 0. The van der Waals surface area contributed by atoms with Gasteiger partial charge in [0.05, 0.1) is 16.8 Å². The summed E-state index contributed by atoms with van der Waals surface area (Å²) in [5.74, 6) is -2.73. The molecule has 0 saturated carbocycles. The van der Waals surface area contributed by atoms with E-state index in [9.17, 15) is 18.4 Å². The van der Waals surface area contributed by atoms with Gasteiger partial charge in [-0.1, -0.05) is 0 Å². The number of amides is 2. The first-order valence-electron chi connectivity index (χ1n) is 7.91. The highest BCUT2D eigenvalue weighted by Crippen LogP contribution is 2.16. The van der Waals surface area contributed by atoms with E-state index >= 15 is 0 Å². The highest BCUT2D eigenvalue weighted by Gasteiger charge is 2.13. The van der Waals surface area contributed by atoms with Crippen LogP contribution in [0.3, 0.4) is 0 Å². The van der Waals surface area contributed by atoms with Crippen molar-refractivity contribution in [1.29, 1.82) is 0 Å². The van der Waals surface area contributed by atoms with Crippen LogP contribution in [0.5, 0.6) is 0 Å². The van der Waals surface area contributed by atoms with E-state index in [0.717, 1.165) is 17.7 Å². The second-order valence-corrected chi connectivity index (χ2v) is 5.58. The van der Waals surface area contributed by atoms with Crippen molar-refractivity contribution in [3.8, 4) is 0 Å². The number of nitrogens with one attached hydrogen (secondary N) is 2. The third-order valence-corrected chi connectivity index (χ3v) is 3.64. The average Bonchev–Trinajstić information content (AvgIpc) is 2.69. The molecule has 2 amide bonds. The van der Waals surface area contributed by atoms with E-state index in [2.05, 4.69) is 20.6 Å². The molecule has 1 aromatic carbocycles. The fourth-order valence-corrected chi connectivity index (χ4v) is 2.26. The molecule has 0 radical (unpaired) electrons. The Kier molecular flexibility index (Phi) is 5.46. The maximum Gasteiger partial charge on any atom is 0.257 e. The molecule has 2 aromatic heterocycles. The van der Waals surface area contributed by atoms with Gasteiger partial charge < -0.3 is 10.6 Å². The van der Waals surface area contributed by atoms with Crippen molar-refractivity contribution < 1.29 is 18.4 Å². The number of anilines is 1. The summed E-state index contributed by atoms with van der Waals surface area (Å²) in [5, 5.41) is 5.02. The summed E-state index contributed by atoms with van der Waals surface area (Å²) >= 11 is 0. The van der Waals surface area contributed by atoms with E-state index in [1.54, 1.807) is 24.5 Å². The van der Waals surface area contributed by atoms with Crippen LogP contribution in [0, 0.1) is 11.6 Å². The van der Waals surface area contributed by atoms with Crippen LogP contribution in [-0.2, 0) is 6.54 Å². The van der Waals surface area contributed by atoms with Crippen LogP contribution < -0.4 is 10.6 Å². The number of rotatable bonds is 5. The molecule has 0 aliphatic rings. The van der Waals surface area contributed by atoms with Crippen LogP contribution in [0.25, 0.3) is 0 Å². The number of pyridine rings is 2. The van der Waals surface area contributed by atoms with Crippen LogP contribution in [0.15, 0.2) is 61.2 Å². The molecule has 2 heterocycles. The first-order chi connectivity index (χ1) is 13.0. The lowest BCUT2D eigenvalue weighted by atomic mass is 10.1. The van der Waals surface area contributed by atoms with E-state index in [4.69, 9.17) is 0 Å². The topological polar surface area (TPSA) is 84.0 Å². The molecular weight excluding hydrogens is 354 g/mol. The molecule has 0 atom stereocenters. The maximum absolute atomic E-state index is 13.7. The predicted octanol–water partition coefficient (Wildman–Crippen LogP) is 2.94. The van der Waals surface area contributed by atoms with Crippen LogP contribution in [0.2, 0.25) is 0 Å². The molecule has 0 spiro atoms. The van der Waals surface area contributed by atoms with E-state index in [1.165, 1.54) is 18.5 Å². The van der Waals surface area contributed by atoms with Gasteiger partial charge >= 0.3 is 0 Å². The zero-order valence-corrected chi connectivity index (χ0v) is 13.9. The quantitative estimate of drug-likeness (QED) is 0.725. The number of halogens is 2. The Bertz CT molecular complexity index is 980. The smallest absolute Gasteiger partial charge is 0.257 e. The van der Waals surface area contributed by atoms with Gasteiger partial charge in [0.1, 0.15) is 11.6 Å². The molecule has 0 unspecified atom stereocenters. The van der Waals surface area contributed by atoms with Gasteiger partial charge in [-0.2, -0.15) is 0 Å². The molecule has 27 heavy (non-hydrogen) atoms. The molecule has 6 nitrogen and oxygen atoms in total. The van der Waals surface area contributed by atoms with Gasteiger partial charge in [-0.15, -0.1) is 0 Å². The van der Waals surface area contributed by atoms with Crippen molar-refractivity contribution in [1.82, 2.24) is 15.3 Å². The van der Waals surface area contributed by atoms with Crippen molar-refractivity contribution >= 4 is 17.5 Å². The standard InChI is InChI=1S/C19H14F2N4O2/c20-15-1-2-17(16(21)8-15)25-19(27)14-7-13(10-23-11-14)18(26)24-9-12-3-5-22-6-4-12/h1-8,10-11H,9H2,(H,24,26)(H,25,27). The number of aromatic nitrogens is 2. The lowest BCUT2D eigenvalue weighted by molar-refractivity contribution is 0.0950. The largest absolute Gasteiger partial charge is 0.348 e. The second kappa shape index (κ2) is 8.13. The van der Waals surface area contributed by atoms with Crippen LogP contribution in [0.4, 0.5) is 14.5 Å². The van der Waals surface area contributed by atoms with E-state index in [0.29, 0.717) is 12.6 Å². The van der Waals surface area contributed by atoms with Crippen molar-refractivity contribution in [3.05, 3.63) is 89.5 Å². The number of hydrogen-bond donors (Lipinski definition) is 2. The number of hydrogen-bond acceptors (Lipinski definition) is 4. The number of benzene rings is 1. The first kappa shape index (κ1) is 18.1. The molecule has 0 aliphatic heterocycles. The monoisotopic (exact) mass is 368 g/mol. The van der Waals surface area contributed by atoms with Gasteiger partial charge in [0.25, 0.3) is 11.8 Å². The molecule has 136 valence electrons. The Hall–Kier alpha value is -3.68. The third-order valence-electron chi connectivity index (χ3n) is 3.64. The molecule has 0 fully saturated rings. The predicted molar refractivity (Wildman–Crippen MR) is 94.0 cm³/mol. The minimum atomic E-state index is -0.900. The van der Waals surface area contributed by atoms with Crippen molar-refractivity contribution in [3.63, 3.8) is 0 Å². The lowest BCUT2D eigenvalue weighted by Gasteiger charge is -2.08. The molecule has 0 saturated heterocycles. The van der Waals surface area contributed by atoms with Crippen LogP contribution in [-0.4, -0.2) is 21.8 Å². The first-order valence-corrected chi connectivity index (χ1v) is 7.91. The van der Waals surface area contributed by atoms with Gasteiger partial charge in [0, 0.05) is 37.4 Å². The highest BCUT2D eigenvalue weighted by molar-refractivity contribution is 6.05. The van der Waals surface area contributed by atoms with Gasteiger partial charge in [0.2, 0.25) is 0 Å². The SMILES string of the molecule is O=C(NCc1ccncc1)c1cncc(C(=O)Nc2ccc(F)cc2F)c1. The summed E-state index contributed by atoms with van der Waals surface area (Å²) in [6.45, 7) is 0.290. The van der Waals surface area contributed by atoms with Crippen LogP contribution in [0.1, 0.15) is 26.3 Å². The highest BCUT2D eigenvalue weighted by atomic mass is 19.1. The number of carbonyl (C=O) groups excluding carboxylic acids is 2. The van der Waals surface area contributed by atoms with E-state index in [1.807, 2.05) is 0 Å². The van der Waals surface area contributed by atoms with Gasteiger partial charge in [-0.3, -0.25) is 19.6 Å². The Labute approximate surface area is 153 Å². The summed E-state index contributed by atoms with van der Waals surface area (Å²) in [6, 6.07) is 7.67. The third kappa shape index (κ3) is 4.69. The molecule has 0 aliphatic carbocycles. The normalized spacial score (nSPS) is 10.3.